The maximum Gasteiger partial charge on any atom is 0.242 e. The van der Waals surface area contributed by atoms with Gasteiger partial charge in [0.05, 0.1) is 25.3 Å². The van der Waals surface area contributed by atoms with E-state index in [-0.39, 0.29) is 12.5 Å². The van der Waals surface area contributed by atoms with Gasteiger partial charge in [0.25, 0.3) is 0 Å². The number of nitrogens with one attached hydrogen (secondary N) is 1. The number of nitrogens with two attached hydrogens (primary N) is 1. The largest absolute Gasteiger partial charge is 0.394 e. The quantitative estimate of drug-likeness (QED) is 0.477. The summed E-state index contributed by atoms with van der Waals surface area (Å²) in [6, 6.07) is 0.513. The molecule has 1 fully saturated rings. The van der Waals surface area contributed by atoms with Crippen LogP contribution in [0.4, 0.5) is 0 Å². The Bertz CT molecular complexity index is 339. The second-order valence-corrected chi connectivity index (χ2v) is 3.93. The first-order chi connectivity index (χ1) is 8.10. The molecule has 0 spiro atoms. The highest BCUT2D eigenvalue weighted by molar-refractivity contribution is 5.89. The number of amides is 2. The van der Waals surface area contributed by atoms with E-state index in [2.05, 4.69) is 5.32 Å². The van der Waals surface area contributed by atoms with Gasteiger partial charge in [0.1, 0.15) is 6.04 Å². The van der Waals surface area contributed by atoms with Crippen molar-refractivity contribution in [3.63, 3.8) is 0 Å². The lowest BCUT2D eigenvalue weighted by molar-refractivity contribution is -0.130. The van der Waals surface area contributed by atoms with Gasteiger partial charge in [-0.05, 0) is 12.8 Å². The summed E-state index contributed by atoms with van der Waals surface area (Å²) in [5.41, 5.74) is 5.01. The van der Waals surface area contributed by atoms with Crippen molar-refractivity contribution >= 4 is 11.8 Å². The van der Waals surface area contributed by atoms with E-state index in [1.54, 1.807) is 4.90 Å². The van der Waals surface area contributed by atoms with E-state index < -0.39 is 24.6 Å². The first-order valence-corrected chi connectivity index (χ1v) is 5.41. The predicted molar refractivity (Wildman–Crippen MR) is 58.4 cm³/mol. The number of primary amides is 1. The lowest BCUT2D eigenvalue weighted by Gasteiger charge is -2.22. The Hall–Kier alpha value is -1.65. The molecule has 7 heteroatoms. The molecule has 0 aromatic rings. The molecule has 4 N–H and O–H groups in total. The van der Waals surface area contributed by atoms with Crippen LogP contribution in [0.15, 0.2) is 0 Å². The number of nitriles is 1. The van der Waals surface area contributed by atoms with Crippen molar-refractivity contribution in [1.29, 1.82) is 5.26 Å². The monoisotopic (exact) mass is 240 g/mol. The fourth-order valence-corrected chi connectivity index (χ4v) is 1.88. The molecule has 0 bridgehead atoms. The lowest BCUT2D eigenvalue weighted by atomic mass is 10.2. The molecule has 1 rings (SSSR count). The number of carbonyl (C=O) groups is 2. The molecule has 0 saturated carbocycles. The Morgan fingerprint density at radius 2 is 2.35 bits per heavy atom. The highest BCUT2D eigenvalue weighted by Gasteiger charge is 2.32. The third-order valence-electron chi connectivity index (χ3n) is 2.78. The maximum absolute atomic E-state index is 11.8. The summed E-state index contributed by atoms with van der Waals surface area (Å²) in [6.07, 6.45) is 1.48. The normalized spacial score (nSPS) is 21.8. The number of aliphatic hydroxyl groups excluding tert-OH is 1. The molecule has 1 aliphatic rings. The zero-order chi connectivity index (χ0) is 12.8. The average molecular weight is 240 g/mol. The summed E-state index contributed by atoms with van der Waals surface area (Å²) in [5, 5.41) is 19.9. The van der Waals surface area contributed by atoms with E-state index in [0.29, 0.717) is 13.0 Å². The molecule has 2 atom stereocenters. The fraction of sp³-hybridized carbons (Fsp3) is 0.700. The SMILES string of the molecule is N#CCN1CCCC1C(=O)NC(CO)C(N)=O. The van der Waals surface area contributed by atoms with Crippen LogP contribution in [-0.4, -0.2) is 53.6 Å². The molecule has 1 aliphatic heterocycles. The number of hydrogen-bond acceptors (Lipinski definition) is 5. The number of nitrogens with zero attached hydrogens (tertiary/aromatic N) is 2. The van der Waals surface area contributed by atoms with Crippen LogP contribution in [0.3, 0.4) is 0 Å². The molecular weight excluding hydrogens is 224 g/mol. The predicted octanol–water partition coefficient (Wildman–Crippen LogP) is -2.06. The maximum atomic E-state index is 11.8. The minimum atomic E-state index is -1.06. The van der Waals surface area contributed by atoms with Gasteiger partial charge in [0.2, 0.25) is 11.8 Å². The Labute approximate surface area is 99.2 Å². The minimum absolute atomic E-state index is 0.179. The van der Waals surface area contributed by atoms with Crippen LogP contribution in [0.2, 0.25) is 0 Å². The minimum Gasteiger partial charge on any atom is -0.394 e. The van der Waals surface area contributed by atoms with Crippen LogP contribution in [0, 0.1) is 11.3 Å². The first kappa shape index (κ1) is 13.4. The first-order valence-electron chi connectivity index (χ1n) is 5.41. The third-order valence-corrected chi connectivity index (χ3v) is 2.78. The van der Waals surface area contributed by atoms with Crippen molar-refractivity contribution in [1.82, 2.24) is 10.2 Å². The second kappa shape index (κ2) is 6.18. The van der Waals surface area contributed by atoms with E-state index >= 15 is 0 Å². The fourth-order valence-electron chi connectivity index (χ4n) is 1.88. The van der Waals surface area contributed by atoms with Gasteiger partial charge in [0.15, 0.2) is 0 Å². The molecule has 17 heavy (non-hydrogen) atoms. The molecular formula is C10H16N4O3. The Morgan fingerprint density at radius 1 is 1.65 bits per heavy atom. The molecule has 0 radical (unpaired) electrons. The topological polar surface area (TPSA) is 119 Å². The van der Waals surface area contributed by atoms with Gasteiger partial charge in [-0.1, -0.05) is 0 Å². The zero-order valence-electron chi connectivity index (χ0n) is 9.43. The van der Waals surface area contributed by atoms with Crippen molar-refractivity contribution in [2.75, 3.05) is 19.7 Å². The van der Waals surface area contributed by atoms with Crippen LogP contribution in [-0.2, 0) is 9.59 Å². The number of likely N-dealkylation sites (tertiary alicyclic amines) is 1. The van der Waals surface area contributed by atoms with Gasteiger partial charge in [-0.15, -0.1) is 0 Å². The molecule has 0 aromatic heterocycles. The van der Waals surface area contributed by atoms with Crippen LogP contribution in [0.5, 0.6) is 0 Å². The summed E-state index contributed by atoms with van der Waals surface area (Å²) in [5.74, 6) is -1.14. The smallest absolute Gasteiger partial charge is 0.242 e. The van der Waals surface area contributed by atoms with Gasteiger partial charge in [-0.2, -0.15) is 5.26 Å². The number of carbonyl (C=O) groups excluding carboxylic acids is 2. The molecule has 1 heterocycles. The molecule has 2 amide bonds. The van der Waals surface area contributed by atoms with Crippen molar-refractivity contribution in [3.05, 3.63) is 0 Å². The Morgan fingerprint density at radius 3 is 2.88 bits per heavy atom. The highest BCUT2D eigenvalue weighted by atomic mass is 16.3. The van der Waals surface area contributed by atoms with E-state index in [9.17, 15) is 9.59 Å². The third kappa shape index (κ3) is 3.41. The van der Waals surface area contributed by atoms with Crippen LogP contribution in [0.25, 0.3) is 0 Å². The molecule has 0 aromatic carbocycles. The summed E-state index contributed by atoms with van der Waals surface area (Å²) in [7, 11) is 0. The Kier molecular flexibility index (Phi) is 4.87. The molecule has 2 unspecified atom stereocenters. The van der Waals surface area contributed by atoms with E-state index in [1.165, 1.54) is 0 Å². The van der Waals surface area contributed by atoms with Crippen LogP contribution in [0.1, 0.15) is 12.8 Å². The standard InChI is InChI=1S/C10H16N4O3/c11-3-5-14-4-1-2-8(14)10(17)13-7(6-15)9(12)16/h7-8,15H,1-2,4-6H2,(H2,12,16)(H,13,17). The molecule has 94 valence electrons. The van der Waals surface area contributed by atoms with Crippen molar-refractivity contribution in [2.24, 2.45) is 5.73 Å². The van der Waals surface area contributed by atoms with Gasteiger partial charge in [0, 0.05) is 6.54 Å². The zero-order valence-corrected chi connectivity index (χ0v) is 9.43. The van der Waals surface area contributed by atoms with Crippen LogP contribution >= 0.6 is 0 Å². The van der Waals surface area contributed by atoms with Gasteiger partial charge in [-0.25, -0.2) is 0 Å². The van der Waals surface area contributed by atoms with Crippen molar-refractivity contribution in [2.45, 2.75) is 24.9 Å². The number of aliphatic hydroxyl groups is 1. The van der Waals surface area contributed by atoms with Crippen LogP contribution < -0.4 is 11.1 Å². The van der Waals surface area contributed by atoms with E-state index in [0.717, 1.165) is 6.42 Å². The average Bonchev–Trinajstić information content (AvgIpc) is 2.74. The van der Waals surface area contributed by atoms with Gasteiger partial charge >= 0.3 is 0 Å². The number of rotatable bonds is 5. The summed E-state index contributed by atoms with van der Waals surface area (Å²) in [6.45, 7) is 0.344. The summed E-state index contributed by atoms with van der Waals surface area (Å²) in [4.78, 5) is 24.4. The van der Waals surface area contributed by atoms with Crippen molar-refractivity contribution in [3.8, 4) is 6.07 Å². The Balaban J connectivity index is 2.57. The van der Waals surface area contributed by atoms with Crippen molar-refractivity contribution < 1.29 is 14.7 Å². The van der Waals surface area contributed by atoms with E-state index in [1.807, 2.05) is 6.07 Å². The molecule has 0 aliphatic carbocycles. The second-order valence-electron chi connectivity index (χ2n) is 3.93. The van der Waals surface area contributed by atoms with E-state index in [4.69, 9.17) is 16.1 Å². The van der Waals surface area contributed by atoms with Gasteiger partial charge in [-0.3, -0.25) is 14.5 Å². The van der Waals surface area contributed by atoms with Gasteiger partial charge < -0.3 is 16.2 Å². The highest BCUT2D eigenvalue weighted by Crippen LogP contribution is 2.16. The lowest BCUT2D eigenvalue weighted by Crippen LogP contribution is -2.52. The summed E-state index contributed by atoms with van der Waals surface area (Å²) < 4.78 is 0. The molecule has 7 nitrogen and oxygen atoms in total. The molecule has 1 saturated heterocycles. The summed E-state index contributed by atoms with van der Waals surface area (Å²) >= 11 is 0. The number of hydrogen-bond donors (Lipinski definition) is 3.